The maximum atomic E-state index is 12.3. The number of hydrogen-bond acceptors (Lipinski definition) is 7. The summed E-state index contributed by atoms with van der Waals surface area (Å²) < 4.78 is 9.25. The van der Waals surface area contributed by atoms with Gasteiger partial charge in [0.2, 0.25) is 0 Å². The van der Waals surface area contributed by atoms with Crippen LogP contribution in [0.5, 0.6) is 0 Å². The molecule has 0 saturated heterocycles. The van der Waals surface area contributed by atoms with Gasteiger partial charge in [-0.1, -0.05) is 12.1 Å². The number of esters is 1. The van der Waals surface area contributed by atoms with Crippen LogP contribution in [-0.2, 0) is 19.1 Å². The van der Waals surface area contributed by atoms with Crippen LogP contribution in [0, 0.1) is 0 Å². The predicted octanol–water partition coefficient (Wildman–Crippen LogP) is 0.487. The van der Waals surface area contributed by atoms with Crippen molar-refractivity contribution in [3.8, 4) is 0 Å². The molecule has 1 aromatic rings. The van der Waals surface area contributed by atoms with E-state index in [9.17, 15) is 24.0 Å². The lowest BCUT2D eigenvalue weighted by molar-refractivity contribution is -0.151. The number of carbonyl (C=O) groups is 5. The van der Waals surface area contributed by atoms with Crippen LogP contribution in [-0.4, -0.2) is 53.9 Å². The van der Waals surface area contributed by atoms with Crippen molar-refractivity contribution in [1.29, 1.82) is 0 Å². The highest BCUT2D eigenvalue weighted by Gasteiger charge is 2.41. The van der Waals surface area contributed by atoms with E-state index in [-0.39, 0.29) is 17.7 Å². The fraction of sp³-hybridized carbons (Fsp3) is 0.312. The molecule has 1 aromatic carbocycles. The summed E-state index contributed by atoms with van der Waals surface area (Å²) >= 11 is 0. The highest BCUT2D eigenvalue weighted by Crippen LogP contribution is 2.24. The lowest BCUT2D eigenvalue weighted by atomic mass is 10.1. The molecule has 1 heterocycles. The summed E-state index contributed by atoms with van der Waals surface area (Å²) in [7, 11) is 0. The number of amides is 4. The first-order valence-corrected chi connectivity index (χ1v) is 7.47. The second-order valence-corrected chi connectivity index (χ2v) is 5.08. The van der Waals surface area contributed by atoms with Crippen LogP contribution < -0.4 is 5.32 Å². The van der Waals surface area contributed by atoms with E-state index in [0.717, 1.165) is 4.90 Å². The van der Waals surface area contributed by atoms with Crippen LogP contribution in [0.3, 0.4) is 0 Å². The molecule has 9 nitrogen and oxygen atoms in total. The Kier molecular flexibility index (Phi) is 5.48. The fourth-order valence-electron chi connectivity index (χ4n) is 2.24. The number of rotatable bonds is 5. The fourth-order valence-corrected chi connectivity index (χ4v) is 2.24. The van der Waals surface area contributed by atoms with E-state index in [0.29, 0.717) is 0 Å². The van der Waals surface area contributed by atoms with Gasteiger partial charge >= 0.3 is 12.1 Å². The summed E-state index contributed by atoms with van der Waals surface area (Å²) in [5.41, 5.74) is 0.402. The van der Waals surface area contributed by atoms with Crippen molar-refractivity contribution in [3.05, 3.63) is 35.4 Å². The van der Waals surface area contributed by atoms with Crippen molar-refractivity contribution >= 4 is 29.8 Å². The summed E-state index contributed by atoms with van der Waals surface area (Å²) in [5.74, 6) is -3.06. The Balaban J connectivity index is 1.95. The molecule has 9 heteroatoms. The van der Waals surface area contributed by atoms with Crippen molar-refractivity contribution < 1.29 is 33.4 Å². The van der Waals surface area contributed by atoms with Gasteiger partial charge in [0.05, 0.1) is 17.7 Å². The summed E-state index contributed by atoms with van der Waals surface area (Å²) in [6, 6.07) is 4.97. The Hall–Kier alpha value is -3.23. The van der Waals surface area contributed by atoms with Crippen LogP contribution in [0.1, 0.15) is 34.6 Å². The highest BCUT2D eigenvalue weighted by molar-refractivity contribution is 6.22. The Bertz CT molecular complexity index is 709. The topological polar surface area (TPSA) is 119 Å². The predicted molar refractivity (Wildman–Crippen MR) is 82.5 cm³/mol. The summed E-state index contributed by atoms with van der Waals surface area (Å²) in [5, 5.41) is 1.85. The van der Waals surface area contributed by atoms with Gasteiger partial charge in [-0.05, 0) is 26.0 Å². The number of alkyl carbamates (subject to hydrolysis) is 1. The number of nitrogens with zero attached hydrogens (tertiary/aromatic N) is 1. The molecule has 0 radical (unpaired) electrons. The first-order chi connectivity index (χ1) is 11.9. The van der Waals surface area contributed by atoms with E-state index >= 15 is 0 Å². The SMILES string of the molecule is CCOC(=O)NC(=O)COC(=O)[C@H](C)N1C(=O)c2ccccc2C1=O. The van der Waals surface area contributed by atoms with Crippen LogP contribution in [0.2, 0.25) is 0 Å². The molecule has 0 spiro atoms. The molecule has 0 unspecified atom stereocenters. The molecule has 132 valence electrons. The van der Waals surface area contributed by atoms with E-state index in [4.69, 9.17) is 4.74 Å². The average molecular weight is 348 g/mol. The monoisotopic (exact) mass is 348 g/mol. The molecule has 1 aliphatic heterocycles. The lowest BCUT2D eigenvalue weighted by Gasteiger charge is -2.20. The van der Waals surface area contributed by atoms with E-state index in [1.807, 2.05) is 5.32 Å². The molecule has 2 rings (SSSR count). The van der Waals surface area contributed by atoms with E-state index < -0.39 is 42.4 Å². The molecule has 1 atom stereocenters. The Morgan fingerprint density at radius 2 is 1.64 bits per heavy atom. The normalized spacial score (nSPS) is 13.9. The molecule has 1 N–H and O–H groups in total. The van der Waals surface area contributed by atoms with Crippen LogP contribution in [0.4, 0.5) is 4.79 Å². The lowest BCUT2D eigenvalue weighted by Crippen LogP contribution is -2.44. The number of fused-ring (bicyclic) bond motifs is 1. The van der Waals surface area contributed by atoms with Crippen molar-refractivity contribution in [3.63, 3.8) is 0 Å². The van der Waals surface area contributed by atoms with Crippen molar-refractivity contribution in [2.45, 2.75) is 19.9 Å². The van der Waals surface area contributed by atoms with Gasteiger partial charge in [-0.3, -0.25) is 24.6 Å². The quantitative estimate of drug-likeness (QED) is 0.607. The standard InChI is InChI=1S/C16H16N2O7/c1-3-24-16(23)17-12(19)8-25-15(22)9(2)18-13(20)10-6-4-5-7-11(10)14(18)21/h4-7,9H,3,8H2,1-2H3,(H,17,19,23)/t9-/m0/s1. The molecular weight excluding hydrogens is 332 g/mol. The van der Waals surface area contributed by atoms with Crippen molar-refractivity contribution in [2.24, 2.45) is 0 Å². The molecule has 25 heavy (non-hydrogen) atoms. The zero-order valence-electron chi connectivity index (χ0n) is 13.6. The van der Waals surface area contributed by atoms with Gasteiger partial charge in [0.1, 0.15) is 6.04 Å². The number of carbonyl (C=O) groups excluding carboxylic acids is 5. The van der Waals surface area contributed by atoms with Crippen LogP contribution in [0.25, 0.3) is 0 Å². The van der Waals surface area contributed by atoms with Gasteiger partial charge in [-0.15, -0.1) is 0 Å². The average Bonchev–Trinajstić information content (AvgIpc) is 2.84. The Morgan fingerprint density at radius 3 is 2.16 bits per heavy atom. The molecule has 4 amide bonds. The van der Waals surface area contributed by atoms with Gasteiger partial charge in [0.15, 0.2) is 6.61 Å². The molecule has 0 saturated carbocycles. The van der Waals surface area contributed by atoms with Gasteiger partial charge in [-0.25, -0.2) is 9.59 Å². The maximum Gasteiger partial charge on any atom is 0.413 e. The molecular formula is C16H16N2O7. The minimum atomic E-state index is -1.22. The first-order valence-electron chi connectivity index (χ1n) is 7.47. The molecule has 1 aliphatic rings. The molecule has 0 fully saturated rings. The van der Waals surface area contributed by atoms with E-state index in [1.165, 1.54) is 19.1 Å². The number of ether oxygens (including phenoxy) is 2. The van der Waals surface area contributed by atoms with Gasteiger partial charge in [-0.2, -0.15) is 0 Å². The second kappa shape index (κ2) is 7.56. The smallest absolute Gasteiger partial charge is 0.413 e. The van der Waals surface area contributed by atoms with Crippen LogP contribution >= 0.6 is 0 Å². The minimum Gasteiger partial charge on any atom is -0.454 e. The highest BCUT2D eigenvalue weighted by atomic mass is 16.6. The van der Waals surface area contributed by atoms with Gasteiger partial charge in [0, 0.05) is 0 Å². The summed E-state index contributed by atoms with van der Waals surface area (Å²) in [6.07, 6.45) is -0.961. The number of nitrogens with one attached hydrogen (secondary N) is 1. The zero-order valence-corrected chi connectivity index (χ0v) is 13.6. The van der Waals surface area contributed by atoms with Gasteiger partial charge < -0.3 is 9.47 Å². The minimum absolute atomic E-state index is 0.0790. The second-order valence-electron chi connectivity index (χ2n) is 5.08. The molecule has 0 aromatic heterocycles. The third kappa shape index (κ3) is 3.82. The third-order valence-electron chi connectivity index (χ3n) is 3.42. The van der Waals surface area contributed by atoms with E-state index in [1.54, 1.807) is 19.1 Å². The maximum absolute atomic E-state index is 12.3. The number of imide groups is 2. The largest absolute Gasteiger partial charge is 0.454 e. The van der Waals surface area contributed by atoms with Crippen molar-refractivity contribution in [1.82, 2.24) is 10.2 Å². The zero-order chi connectivity index (χ0) is 18.6. The summed E-state index contributed by atoms with van der Waals surface area (Å²) in [4.78, 5) is 59.8. The number of benzene rings is 1. The number of hydrogen-bond donors (Lipinski definition) is 1. The summed E-state index contributed by atoms with van der Waals surface area (Å²) in [6.45, 7) is 2.21. The van der Waals surface area contributed by atoms with Gasteiger partial charge in [0.25, 0.3) is 17.7 Å². The van der Waals surface area contributed by atoms with Crippen molar-refractivity contribution in [2.75, 3.05) is 13.2 Å². The molecule has 0 aliphatic carbocycles. The van der Waals surface area contributed by atoms with E-state index in [2.05, 4.69) is 4.74 Å². The molecule has 0 bridgehead atoms. The first kappa shape index (κ1) is 18.1. The Labute approximate surface area is 142 Å². The Morgan fingerprint density at radius 1 is 1.08 bits per heavy atom. The third-order valence-corrected chi connectivity index (χ3v) is 3.42. The van der Waals surface area contributed by atoms with Crippen LogP contribution in [0.15, 0.2) is 24.3 Å².